The van der Waals surface area contributed by atoms with Gasteiger partial charge in [-0.1, -0.05) is 157 Å². The van der Waals surface area contributed by atoms with Crippen molar-refractivity contribution in [1.29, 1.82) is 0 Å². The first kappa shape index (κ1) is 25.9. The normalized spacial score (nSPS) is 11.5. The van der Waals surface area contributed by atoms with Crippen LogP contribution in [0.1, 0.15) is 0 Å². The fourth-order valence-corrected chi connectivity index (χ4v) is 6.82. The van der Waals surface area contributed by atoms with Crippen molar-refractivity contribution in [2.24, 2.45) is 0 Å². The van der Waals surface area contributed by atoms with Crippen LogP contribution in [0.2, 0.25) is 10.0 Å². The summed E-state index contributed by atoms with van der Waals surface area (Å²) in [6.07, 6.45) is 0. The summed E-state index contributed by atoms with van der Waals surface area (Å²) >= 11 is 14.6. The van der Waals surface area contributed by atoms with Crippen LogP contribution < -0.4 is 4.74 Å². The summed E-state index contributed by atoms with van der Waals surface area (Å²) in [5.74, 6) is 1.16. The van der Waals surface area contributed by atoms with Crippen LogP contribution >= 0.6 is 23.2 Å². The maximum Gasteiger partial charge on any atom is 0.154 e. The average Bonchev–Trinajstić information content (AvgIpc) is 3.06. The largest absolute Gasteiger partial charge is 0.453 e. The lowest BCUT2D eigenvalue weighted by Gasteiger charge is -2.21. The van der Waals surface area contributed by atoms with Crippen LogP contribution in [0.4, 0.5) is 0 Å². The van der Waals surface area contributed by atoms with E-state index < -0.39 is 0 Å². The third-order valence-electron chi connectivity index (χ3n) is 8.25. The van der Waals surface area contributed by atoms with E-state index in [0.29, 0.717) is 21.5 Å². The molecule has 0 aliphatic heterocycles. The van der Waals surface area contributed by atoms with Gasteiger partial charge in [-0.15, -0.1) is 0 Å². The Bertz CT molecular complexity index is 2180. The molecule has 0 radical (unpaired) electrons. The number of hydrogen-bond acceptors (Lipinski definition) is 1. The molecule has 8 rings (SSSR count). The molecule has 0 N–H and O–H groups in total. The molecule has 0 aliphatic carbocycles. The second-order valence-electron chi connectivity index (χ2n) is 10.7. The number of hydrogen-bond donors (Lipinski definition) is 0. The third-order valence-corrected chi connectivity index (χ3v) is 9.00. The molecule has 0 bridgehead atoms. The lowest BCUT2D eigenvalue weighted by atomic mass is 9.94. The van der Waals surface area contributed by atoms with Crippen molar-refractivity contribution >= 4 is 66.3 Å². The molecule has 3 heteroatoms. The van der Waals surface area contributed by atoms with Crippen LogP contribution in [-0.4, -0.2) is 0 Å². The monoisotopic (exact) mass is 590 g/mol. The Morgan fingerprint density at radius 2 is 0.674 bits per heavy atom. The van der Waals surface area contributed by atoms with E-state index in [4.69, 9.17) is 27.9 Å². The molecule has 0 amide bonds. The first-order valence-electron chi connectivity index (χ1n) is 14.2. The van der Waals surface area contributed by atoms with Gasteiger partial charge < -0.3 is 4.74 Å². The van der Waals surface area contributed by atoms with Crippen molar-refractivity contribution in [3.63, 3.8) is 0 Å². The van der Waals surface area contributed by atoms with Gasteiger partial charge in [-0.05, 0) is 55.6 Å². The minimum Gasteiger partial charge on any atom is -0.453 e. The van der Waals surface area contributed by atoms with Gasteiger partial charge in [-0.3, -0.25) is 0 Å². The van der Waals surface area contributed by atoms with Crippen LogP contribution in [-0.2, 0) is 0 Å². The summed E-state index contributed by atoms with van der Waals surface area (Å²) in [6, 6.07) is 50.1. The van der Waals surface area contributed by atoms with Gasteiger partial charge >= 0.3 is 0 Å². The fraction of sp³-hybridized carbons (Fsp3) is 0. The molecule has 8 aromatic carbocycles. The van der Waals surface area contributed by atoms with Gasteiger partial charge in [0.2, 0.25) is 0 Å². The molecule has 43 heavy (non-hydrogen) atoms. The molecule has 0 heterocycles. The highest BCUT2D eigenvalue weighted by Crippen LogP contribution is 2.50. The van der Waals surface area contributed by atoms with Gasteiger partial charge in [0, 0.05) is 21.9 Å². The smallest absolute Gasteiger partial charge is 0.154 e. The van der Waals surface area contributed by atoms with Crippen molar-refractivity contribution in [3.8, 4) is 33.8 Å². The fourth-order valence-electron chi connectivity index (χ4n) is 6.19. The zero-order valence-electron chi connectivity index (χ0n) is 23.0. The first-order chi connectivity index (χ1) is 21.2. The molecular formula is C40H24Cl2O. The quantitative estimate of drug-likeness (QED) is 0.198. The van der Waals surface area contributed by atoms with E-state index in [1.807, 2.05) is 36.4 Å². The van der Waals surface area contributed by atoms with Crippen LogP contribution in [0, 0.1) is 0 Å². The molecule has 0 atom stereocenters. The van der Waals surface area contributed by atoms with Gasteiger partial charge in [-0.25, -0.2) is 0 Å². The number of ether oxygens (including phenoxy) is 1. The van der Waals surface area contributed by atoms with E-state index in [0.717, 1.165) is 65.3 Å². The van der Waals surface area contributed by atoms with Crippen LogP contribution in [0.15, 0.2) is 146 Å². The topological polar surface area (TPSA) is 9.23 Å². The maximum absolute atomic E-state index is 7.29. The maximum atomic E-state index is 7.29. The molecule has 1 nitrogen and oxygen atoms in total. The molecule has 0 fully saturated rings. The van der Waals surface area contributed by atoms with Crippen LogP contribution in [0.3, 0.4) is 0 Å². The Morgan fingerprint density at radius 1 is 0.326 bits per heavy atom. The van der Waals surface area contributed by atoms with E-state index >= 15 is 0 Å². The SMILES string of the molecule is Clc1c(Oc2c(-c3cccc4ccccc34)cc3ccccc3c2Cl)c(-c2cccc3ccccc23)cc2ccccc12. The molecule has 8 aromatic rings. The Hall–Kier alpha value is -4.82. The van der Waals surface area contributed by atoms with Crippen molar-refractivity contribution in [3.05, 3.63) is 156 Å². The van der Waals surface area contributed by atoms with Gasteiger partial charge in [0.1, 0.15) is 0 Å². The molecule has 204 valence electrons. The lowest BCUT2D eigenvalue weighted by Crippen LogP contribution is -1.96. The zero-order chi connectivity index (χ0) is 28.9. The highest BCUT2D eigenvalue weighted by Gasteiger charge is 2.23. The summed E-state index contributed by atoms with van der Waals surface area (Å²) in [5.41, 5.74) is 3.91. The minimum atomic E-state index is 0.550. The Kier molecular flexibility index (Phi) is 6.30. The molecule has 0 unspecified atom stereocenters. The van der Waals surface area contributed by atoms with Gasteiger partial charge in [0.25, 0.3) is 0 Å². The summed E-state index contributed by atoms with van der Waals surface area (Å²) < 4.78 is 7.06. The molecule has 0 aliphatic rings. The standard InChI is InChI=1S/C40H24Cl2O/c41-37-31-19-7-3-13-27(31)23-35(33-21-9-15-25-11-1-5-17-29(25)33)39(37)43-40-36(24-28-14-4-8-20-32(28)38(40)42)34-22-10-16-26-12-2-6-18-30(26)34/h1-24H. The number of halogens is 2. The lowest BCUT2D eigenvalue weighted by molar-refractivity contribution is 0.488. The highest BCUT2D eigenvalue weighted by atomic mass is 35.5. The van der Waals surface area contributed by atoms with Crippen LogP contribution in [0.25, 0.3) is 65.3 Å². The number of fused-ring (bicyclic) bond motifs is 4. The molecule has 0 saturated heterocycles. The van der Waals surface area contributed by atoms with Gasteiger partial charge in [0.15, 0.2) is 11.5 Å². The first-order valence-corrected chi connectivity index (χ1v) is 15.0. The number of rotatable bonds is 4. The Balaban J connectivity index is 1.45. The summed E-state index contributed by atoms with van der Waals surface area (Å²) in [4.78, 5) is 0. The Morgan fingerprint density at radius 3 is 1.12 bits per heavy atom. The van der Waals surface area contributed by atoms with Crippen molar-refractivity contribution in [2.45, 2.75) is 0 Å². The molecular weight excluding hydrogens is 567 g/mol. The van der Waals surface area contributed by atoms with Gasteiger partial charge in [-0.2, -0.15) is 0 Å². The van der Waals surface area contributed by atoms with E-state index in [9.17, 15) is 0 Å². The highest BCUT2D eigenvalue weighted by molar-refractivity contribution is 6.39. The summed E-state index contributed by atoms with van der Waals surface area (Å²) in [5, 5.41) is 9.58. The second-order valence-corrected chi connectivity index (χ2v) is 11.5. The van der Waals surface area contributed by atoms with E-state index in [1.54, 1.807) is 0 Å². The number of benzene rings is 8. The average molecular weight is 592 g/mol. The zero-order valence-corrected chi connectivity index (χ0v) is 24.5. The van der Waals surface area contributed by atoms with Crippen molar-refractivity contribution < 1.29 is 4.74 Å². The summed E-state index contributed by atoms with van der Waals surface area (Å²) in [6.45, 7) is 0. The second kappa shape index (κ2) is 10.5. The Labute approximate surface area is 259 Å². The van der Waals surface area contributed by atoms with E-state index in [-0.39, 0.29) is 0 Å². The van der Waals surface area contributed by atoms with E-state index in [2.05, 4.69) is 109 Å². The molecule has 0 spiro atoms. The van der Waals surface area contributed by atoms with Crippen molar-refractivity contribution in [2.75, 3.05) is 0 Å². The van der Waals surface area contributed by atoms with Crippen LogP contribution in [0.5, 0.6) is 11.5 Å². The van der Waals surface area contributed by atoms with Crippen molar-refractivity contribution in [1.82, 2.24) is 0 Å². The van der Waals surface area contributed by atoms with E-state index in [1.165, 1.54) is 0 Å². The minimum absolute atomic E-state index is 0.550. The third kappa shape index (κ3) is 4.32. The predicted molar refractivity (Wildman–Crippen MR) is 184 cm³/mol. The summed E-state index contributed by atoms with van der Waals surface area (Å²) in [7, 11) is 0. The predicted octanol–water partition coefficient (Wildman–Crippen LogP) is 12.7. The molecule has 0 aromatic heterocycles. The van der Waals surface area contributed by atoms with Gasteiger partial charge in [0.05, 0.1) is 10.0 Å². The molecule has 0 saturated carbocycles.